The lowest BCUT2D eigenvalue weighted by atomic mass is 9.73. The smallest absolute Gasteiger partial charge is 0.255 e. The van der Waals surface area contributed by atoms with Gasteiger partial charge in [0, 0.05) is 29.8 Å². The highest BCUT2D eigenvalue weighted by Crippen LogP contribution is 2.54. The van der Waals surface area contributed by atoms with Crippen molar-refractivity contribution in [3.05, 3.63) is 136 Å². The number of aryl methyl sites for hydroxylation is 3. The standard InChI is InChI=1S/C34H34N2O/c1-24-12-4-7-15-27(24)22-34-20-21-35(32(37)29-17-9-6-14-26(29)3)33(34)36(31-19-11-10-18-30(31)34)23-28-16-8-5-13-25(28)2/h4-19,33H,20-23H2,1-3H3. The molecule has 0 saturated carbocycles. The van der Waals surface area contributed by atoms with Gasteiger partial charge in [-0.25, -0.2) is 0 Å². The first-order valence-electron chi connectivity index (χ1n) is 13.3. The van der Waals surface area contributed by atoms with Crippen molar-refractivity contribution in [1.29, 1.82) is 0 Å². The van der Waals surface area contributed by atoms with Gasteiger partial charge in [0.1, 0.15) is 6.17 Å². The predicted octanol–water partition coefficient (Wildman–Crippen LogP) is 6.98. The highest BCUT2D eigenvalue weighted by molar-refractivity contribution is 5.96. The number of amides is 1. The Morgan fingerprint density at radius 3 is 2.05 bits per heavy atom. The lowest BCUT2D eigenvalue weighted by Gasteiger charge is -2.39. The van der Waals surface area contributed by atoms with E-state index in [0.29, 0.717) is 0 Å². The minimum atomic E-state index is -0.163. The van der Waals surface area contributed by atoms with Crippen LogP contribution < -0.4 is 4.90 Å². The van der Waals surface area contributed by atoms with Gasteiger partial charge < -0.3 is 9.80 Å². The molecule has 1 amide bonds. The van der Waals surface area contributed by atoms with Gasteiger partial charge in [-0.3, -0.25) is 4.79 Å². The Kier molecular flexibility index (Phi) is 5.87. The van der Waals surface area contributed by atoms with Gasteiger partial charge in [-0.15, -0.1) is 0 Å². The maximum absolute atomic E-state index is 14.2. The third kappa shape index (κ3) is 3.85. The second-order valence-electron chi connectivity index (χ2n) is 10.8. The summed E-state index contributed by atoms with van der Waals surface area (Å²) in [4.78, 5) is 18.9. The highest BCUT2D eigenvalue weighted by Gasteiger charge is 2.58. The number of carbonyl (C=O) groups excluding carboxylic acids is 1. The Morgan fingerprint density at radius 2 is 1.35 bits per heavy atom. The second kappa shape index (κ2) is 9.23. The third-order valence-electron chi connectivity index (χ3n) is 8.64. The molecule has 2 aliphatic rings. The van der Waals surface area contributed by atoms with Crippen LogP contribution in [0.5, 0.6) is 0 Å². The lowest BCUT2D eigenvalue weighted by molar-refractivity contribution is 0.0708. The third-order valence-corrected chi connectivity index (χ3v) is 8.64. The van der Waals surface area contributed by atoms with Gasteiger partial charge in [-0.1, -0.05) is 84.9 Å². The number of hydrogen-bond acceptors (Lipinski definition) is 2. The molecule has 0 aliphatic carbocycles. The molecule has 2 aliphatic heterocycles. The normalized spacial score (nSPS) is 20.1. The largest absolute Gasteiger partial charge is 0.346 e. The number of likely N-dealkylation sites (tertiary alicyclic amines) is 1. The molecule has 3 heteroatoms. The van der Waals surface area contributed by atoms with E-state index < -0.39 is 0 Å². The van der Waals surface area contributed by atoms with Crippen molar-refractivity contribution in [2.45, 2.75) is 51.7 Å². The summed E-state index contributed by atoms with van der Waals surface area (Å²) < 4.78 is 0. The van der Waals surface area contributed by atoms with Crippen LogP contribution in [-0.4, -0.2) is 23.5 Å². The van der Waals surface area contributed by atoms with E-state index in [1.165, 1.54) is 33.5 Å². The van der Waals surface area contributed by atoms with Gasteiger partial charge in [0.15, 0.2) is 0 Å². The Hall–Kier alpha value is -3.85. The fraction of sp³-hybridized carbons (Fsp3) is 0.265. The maximum atomic E-state index is 14.2. The molecule has 1 fully saturated rings. The molecule has 2 heterocycles. The Labute approximate surface area is 220 Å². The number of para-hydroxylation sites is 1. The van der Waals surface area contributed by atoms with Crippen LogP contribution in [0.25, 0.3) is 0 Å². The molecule has 2 unspecified atom stereocenters. The molecule has 1 saturated heterocycles. The van der Waals surface area contributed by atoms with Gasteiger partial charge in [0.25, 0.3) is 5.91 Å². The SMILES string of the molecule is Cc1ccccc1CN1c2ccccc2C2(Cc3ccccc3C)CCN(C(=O)c3ccccc3C)C12. The van der Waals surface area contributed by atoms with E-state index in [9.17, 15) is 4.79 Å². The van der Waals surface area contributed by atoms with Crippen LogP contribution in [0, 0.1) is 20.8 Å². The molecule has 37 heavy (non-hydrogen) atoms. The summed E-state index contributed by atoms with van der Waals surface area (Å²) in [6.45, 7) is 7.96. The zero-order valence-electron chi connectivity index (χ0n) is 21.9. The van der Waals surface area contributed by atoms with E-state index in [-0.39, 0.29) is 17.5 Å². The van der Waals surface area contributed by atoms with Crippen molar-refractivity contribution in [1.82, 2.24) is 4.90 Å². The Morgan fingerprint density at radius 1 is 0.757 bits per heavy atom. The molecule has 0 radical (unpaired) electrons. The molecule has 186 valence electrons. The topological polar surface area (TPSA) is 23.6 Å². The monoisotopic (exact) mass is 486 g/mol. The average molecular weight is 487 g/mol. The number of nitrogens with zero attached hydrogens (tertiary/aromatic N) is 2. The number of fused-ring (bicyclic) bond motifs is 3. The van der Waals surface area contributed by atoms with Crippen LogP contribution >= 0.6 is 0 Å². The summed E-state index contributed by atoms with van der Waals surface area (Å²) in [5.41, 5.74) is 9.57. The maximum Gasteiger partial charge on any atom is 0.255 e. The fourth-order valence-electron chi connectivity index (χ4n) is 6.63. The van der Waals surface area contributed by atoms with Crippen LogP contribution in [-0.2, 0) is 18.4 Å². The molecular formula is C34H34N2O. The van der Waals surface area contributed by atoms with E-state index in [4.69, 9.17) is 0 Å². The van der Waals surface area contributed by atoms with Gasteiger partial charge in [-0.2, -0.15) is 0 Å². The van der Waals surface area contributed by atoms with Crippen molar-refractivity contribution in [3.63, 3.8) is 0 Å². The molecule has 3 nitrogen and oxygen atoms in total. The van der Waals surface area contributed by atoms with E-state index in [1.807, 2.05) is 31.2 Å². The van der Waals surface area contributed by atoms with Crippen LogP contribution in [0.4, 0.5) is 5.69 Å². The molecule has 0 N–H and O–H groups in total. The quantitative estimate of drug-likeness (QED) is 0.304. The van der Waals surface area contributed by atoms with Crippen molar-refractivity contribution in [2.24, 2.45) is 0 Å². The summed E-state index contributed by atoms with van der Waals surface area (Å²) in [5.74, 6) is 0.136. The first kappa shape index (κ1) is 23.5. The van der Waals surface area contributed by atoms with Gasteiger partial charge >= 0.3 is 0 Å². The van der Waals surface area contributed by atoms with E-state index in [2.05, 4.69) is 96.4 Å². The summed E-state index contributed by atoms with van der Waals surface area (Å²) in [6.07, 6.45) is 1.82. The Bertz CT molecular complexity index is 1470. The Balaban J connectivity index is 1.51. The van der Waals surface area contributed by atoms with Crippen molar-refractivity contribution >= 4 is 11.6 Å². The fourth-order valence-corrected chi connectivity index (χ4v) is 6.63. The highest BCUT2D eigenvalue weighted by atomic mass is 16.2. The number of carbonyl (C=O) groups is 1. The number of anilines is 1. The van der Waals surface area contributed by atoms with Crippen molar-refractivity contribution < 1.29 is 4.79 Å². The van der Waals surface area contributed by atoms with Gasteiger partial charge in [0.05, 0.1) is 0 Å². The minimum Gasteiger partial charge on any atom is -0.346 e. The molecule has 4 aromatic carbocycles. The first-order chi connectivity index (χ1) is 18.0. The van der Waals surface area contributed by atoms with Crippen LogP contribution in [0.2, 0.25) is 0 Å². The van der Waals surface area contributed by atoms with E-state index in [0.717, 1.165) is 37.1 Å². The van der Waals surface area contributed by atoms with Crippen molar-refractivity contribution in [2.75, 3.05) is 11.4 Å². The molecule has 2 atom stereocenters. The van der Waals surface area contributed by atoms with Crippen LogP contribution in [0.15, 0.2) is 97.1 Å². The zero-order valence-corrected chi connectivity index (χ0v) is 21.9. The van der Waals surface area contributed by atoms with Crippen molar-refractivity contribution in [3.8, 4) is 0 Å². The van der Waals surface area contributed by atoms with Gasteiger partial charge in [0.2, 0.25) is 0 Å². The summed E-state index contributed by atoms with van der Waals surface area (Å²) >= 11 is 0. The van der Waals surface area contributed by atoms with E-state index >= 15 is 0 Å². The molecule has 0 bridgehead atoms. The summed E-state index contributed by atoms with van der Waals surface area (Å²) in [7, 11) is 0. The minimum absolute atomic E-state index is 0.0452. The second-order valence-corrected chi connectivity index (χ2v) is 10.8. The van der Waals surface area contributed by atoms with Crippen LogP contribution in [0.1, 0.15) is 50.2 Å². The number of rotatable bonds is 5. The molecule has 6 rings (SSSR count). The zero-order chi connectivity index (χ0) is 25.6. The molecule has 0 spiro atoms. The molecule has 4 aromatic rings. The van der Waals surface area contributed by atoms with Gasteiger partial charge in [-0.05, 0) is 79.1 Å². The number of benzene rings is 4. The average Bonchev–Trinajstić information content (AvgIpc) is 3.40. The first-order valence-corrected chi connectivity index (χ1v) is 13.3. The molecular weight excluding hydrogens is 452 g/mol. The summed E-state index contributed by atoms with van der Waals surface area (Å²) in [6, 6.07) is 34.2. The van der Waals surface area contributed by atoms with E-state index in [1.54, 1.807) is 0 Å². The molecule has 0 aromatic heterocycles. The van der Waals surface area contributed by atoms with Crippen LogP contribution in [0.3, 0.4) is 0 Å². The summed E-state index contributed by atoms with van der Waals surface area (Å²) in [5, 5.41) is 0. The number of hydrogen-bond donors (Lipinski definition) is 0. The predicted molar refractivity (Wildman–Crippen MR) is 151 cm³/mol. The lowest BCUT2D eigenvalue weighted by Crippen LogP contribution is -2.52.